The zero-order chi connectivity index (χ0) is 32.1. The second-order valence-corrected chi connectivity index (χ2v) is 11.4. The first-order valence-corrected chi connectivity index (χ1v) is 16.0. The highest BCUT2D eigenvalue weighted by molar-refractivity contribution is 5.80. The Balaban J connectivity index is 1.17. The molecule has 0 spiro atoms. The number of hydrogen-bond donors (Lipinski definition) is 2. The molecule has 45 heavy (non-hydrogen) atoms. The van der Waals surface area contributed by atoms with E-state index in [9.17, 15) is 19.2 Å². The van der Waals surface area contributed by atoms with Crippen molar-refractivity contribution in [1.29, 1.82) is 0 Å². The molecule has 3 unspecified atom stereocenters. The number of benzene rings is 2. The molecule has 2 aromatic rings. The second-order valence-electron chi connectivity index (χ2n) is 11.4. The maximum absolute atomic E-state index is 12.7. The third kappa shape index (κ3) is 15.2. The number of carbonyl (C=O) groups is 4. The molecule has 2 amide bonds. The van der Waals surface area contributed by atoms with Crippen molar-refractivity contribution in [3.8, 4) is 0 Å². The number of rotatable bonds is 19. The molecule has 0 radical (unpaired) electrons. The third-order valence-corrected chi connectivity index (χ3v) is 7.75. The average Bonchev–Trinajstić information content (AvgIpc) is 3.33. The second kappa shape index (κ2) is 21.1. The van der Waals surface area contributed by atoms with Crippen molar-refractivity contribution in [1.82, 2.24) is 10.6 Å². The fourth-order valence-electron chi connectivity index (χ4n) is 5.08. The van der Waals surface area contributed by atoms with Gasteiger partial charge in [-0.2, -0.15) is 0 Å². The fourth-order valence-corrected chi connectivity index (χ4v) is 5.08. The van der Waals surface area contributed by atoms with Crippen molar-refractivity contribution < 1.29 is 38.1 Å². The van der Waals surface area contributed by atoms with Crippen molar-refractivity contribution in [2.24, 2.45) is 11.8 Å². The Bertz CT molecular complexity index is 1160. The van der Waals surface area contributed by atoms with Crippen molar-refractivity contribution >= 4 is 23.8 Å². The lowest BCUT2D eigenvalue weighted by Gasteiger charge is -2.17. The summed E-state index contributed by atoms with van der Waals surface area (Å²) >= 11 is 0. The van der Waals surface area contributed by atoms with Gasteiger partial charge in [-0.05, 0) is 50.2 Å². The molecule has 246 valence electrons. The molecule has 0 saturated heterocycles. The van der Waals surface area contributed by atoms with Crippen molar-refractivity contribution in [3.63, 3.8) is 0 Å². The molecule has 2 aromatic carbocycles. The predicted octanol–water partition coefficient (Wildman–Crippen LogP) is 4.49. The van der Waals surface area contributed by atoms with Gasteiger partial charge >= 0.3 is 11.9 Å². The van der Waals surface area contributed by atoms with Crippen molar-refractivity contribution in [2.75, 3.05) is 32.9 Å². The fraction of sp³-hybridized carbons (Fsp3) is 0.543. The first kappa shape index (κ1) is 35.7. The van der Waals surface area contributed by atoms with Gasteiger partial charge < -0.3 is 29.6 Å². The molecule has 0 aliphatic heterocycles. The van der Waals surface area contributed by atoms with Gasteiger partial charge in [0.15, 0.2) is 0 Å². The average molecular weight is 625 g/mol. The summed E-state index contributed by atoms with van der Waals surface area (Å²) in [4.78, 5) is 49.2. The zero-order valence-electron chi connectivity index (χ0n) is 26.4. The Morgan fingerprint density at radius 3 is 1.76 bits per heavy atom. The minimum atomic E-state index is -0.323. The highest BCUT2D eigenvalue weighted by atomic mass is 16.5. The van der Waals surface area contributed by atoms with Gasteiger partial charge in [0.05, 0.1) is 32.3 Å². The van der Waals surface area contributed by atoms with Crippen molar-refractivity contribution in [3.05, 3.63) is 71.8 Å². The third-order valence-electron chi connectivity index (χ3n) is 7.75. The minimum Gasteiger partial charge on any atom is -0.461 e. The molecule has 0 bridgehead atoms. The number of nitrogens with one attached hydrogen (secondary N) is 2. The molecule has 3 rings (SSSR count). The molecule has 0 aromatic heterocycles. The Kier molecular flexibility index (Phi) is 16.7. The number of esters is 2. The number of amides is 2. The summed E-state index contributed by atoms with van der Waals surface area (Å²) in [6, 6.07) is 19.0. The predicted molar refractivity (Wildman–Crippen MR) is 169 cm³/mol. The molecular weight excluding hydrogens is 576 g/mol. The van der Waals surface area contributed by atoms with Crippen LogP contribution in [0.15, 0.2) is 60.7 Å². The Morgan fingerprint density at radius 2 is 1.20 bits per heavy atom. The van der Waals surface area contributed by atoms with E-state index in [4.69, 9.17) is 18.9 Å². The van der Waals surface area contributed by atoms with E-state index < -0.39 is 0 Å². The summed E-state index contributed by atoms with van der Waals surface area (Å²) in [5.74, 6) is -0.856. The van der Waals surface area contributed by atoms with E-state index in [1.54, 1.807) is 0 Å². The van der Waals surface area contributed by atoms with Crippen LogP contribution in [0.1, 0.15) is 69.4 Å². The van der Waals surface area contributed by atoms with Crippen LogP contribution in [-0.2, 0) is 51.3 Å². The van der Waals surface area contributed by atoms with E-state index >= 15 is 0 Å². The van der Waals surface area contributed by atoms with Crippen LogP contribution in [0.5, 0.6) is 0 Å². The summed E-state index contributed by atoms with van der Waals surface area (Å²) in [7, 11) is 0. The van der Waals surface area contributed by atoms with Gasteiger partial charge in [-0.25, -0.2) is 0 Å². The molecule has 3 atom stereocenters. The quantitative estimate of drug-likeness (QED) is 0.133. The van der Waals surface area contributed by atoms with Gasteiger partial charge in [0.25, 0.3) is 0 Å². The van der Waals surface area contributed by atoms with E-state index in [1.807, 2.05) is 67.6 Å². The Labute approximate surface area is 266 Å². The first-order chi connectivity index (χ1) is 21.9. The number of carbonyl (C=O) groups excluding carboxylic acids is 4. The Hall–Kier alpha value is -3.76. The Morgan fingerprint density at radius 1 is 0.689 bits per heavy atom. The van der Waals surface area contributed by atoms with Crippen LogP contribution in [0.4, 0.5) is 0 Å². The van der Waals surface area contributed by atoms with Crippen LogP contribution >= 0.6 is 0 Å². The summed E-state index contributed by atoms with van der Waals surface area (Å²) in [5, 5.41) is 5.87. The molecule has 10 heteroatoms. The summed E-state index contributed by atoms with van der Waals surface area (Å²) in [6.45, 7) is 4.08. The maximum atomic E-state index is 12.7. The molecule has 10 nitrogen and oxygen atoms in total. The smallest absolute Gasteiger partial charge is 0.308 e. The lowest BCUT2D eigenvalue weighted by Crippen LogP contribution is -2.34. The van der Waals surface area contributed by atoms with Crippen LogP contribution in [0, 0.1) is 11.8 Å². The van der Waals surface area contributed by atoms with E-state index in [0.29, 0.717) is 45.6 Å². The number of hydrogen-bond acceptors (Lipinski definition) is 8. The highest BCUT2D eigenvalue weighted by Gasteiger charge is 2.27. The van der Waals surface area contributed by atoms with Crippen molar-refractivity contribution in [2.45, 2.75) is 77.6 Å². The molecule has 1 aliphatic carbocycles. The molecule has 0 heterocycles. The molecule has 2 N–H and O–H groups in total. The van der Waals surface area contributed by atoms with Gasteiger partial charge in [0, 0.05) is 31.3 Å². The standard InChI is InChI=1S/C35H48N2O8/c1-27(15-18-32(38)44-25-28-9-4-2-5-10-28)43-24-21-37-35(41)31-14-8-13-30(16-17-31)34(40)36-20-23-42-22-19-33(39)45-26-29-11-6-3-7-12-29/h2-7,9-12,27,30-31H,8,13-26H2,1H3,(H,36,40)(H,37,41). The minimum absolute atomic E-state index is 0.00695. The maximum Gasteiger partial charge on any atom is 0.308 e. The van der Waals surface area contributed by atoms with E-state index in [-0.39, 0.29) is 74.4 Å². The summed E-state index contributed by atoms with van der Waals surface area (Å²) in [6.07, 6.45) is 4.48. The lowest BCUT2D eigenvalue weighted by atomic mass is 9.97. The monoisotopic (exact) mass is 624 g/mol. The molecule has 1 saturated carbocycles. The highest BCUT2D eigenvalue weighted by Crippen LogP contribution is 2.27. The topological polar surface area (TPSA) is 129 Å². The summed E-state index contributed by atoms with van der Waals surface area (Å²) in [5.41, 5.74) is 1.89. The lowest BCUT2D eigenvalue weighted by molar-refractivity contribution is -0.146. The first-order valence-electron chi connectivity index (χ1n) is 16.0. The van der Waals surface area contributed by atoms with Gasteiger partial charge in [0.1, 0.15) is 13.2 Å². The van der Waals surface area contributed by atoms with Crippen LogP contribution in [-0.4, -0.2) is 62.8 Å². The number of ether oxygens (including phenoxy) is 4. The van der Waals surface area contributed by atoms with Gasteiger partial charge in [0.2, 0.25) is 11.8 Å². The van der Waals surface area contributed by atoms with E-state index in [0.717, 1.165) is 30.4 Å². The van der Waals surface area contributed by atoms with Crippen LogP contribution in [0.3, 0.4) is 0 Å². The van der Waals surface area contributed by atoms with E-state index in [1.165, 1.54) is 0 Å². The van der Waals surface area contributed by atoms with Crippen LogP contribution in [0.25, 0.3) is 0 Å². The van der Waals surface area contributed by atoms with Gasteiger partial charge in [-0.1, -0.05) is 67.1 Å². The van der Waals surface area contributed by atoms with Gasteiger partial charge in [-0.15, -0.1) is 0 Å². The molecule has 1 fully saturated rings. The van der Waals surface area contributed by atoms with E-state index in [2.05, 4.69) is 10.6 Å². The molecular formula is C35H48N2O8. The SMILES string of the molecule is CC(CCC(=O)OCc1ccccc1)OCCNC(=O)C1CCCC(C(=O)NCCOCCC(=O)OCc2ccccc2)CC1. The zero-order valence-corrected chi connectivity index (χ0v) is 26.4. The van der Waals surface area contributed by atoms with Crippen LogP contribution in [0.2, 0.25) is 0 Å². The largest absolute Gasteiger partial charge is 0.461 e. The summed E-state index contributed by atoms with van der Waals surface area (Å²) < 4.78 is 21.8. The molecule has 1 aliphatic rings. The normalized spacial score (nSPS) is 17.0. The van der Waals surface area contributed by atoms with Crippen LogP contribution < -0.4 is 10.6 Å². The van der Waals surface area contributed by atoms with Gasteiger partial charge in [-0.3, -0.25) is 19.2 Å².